The molecule has 1 N–H and O–H groups in total. The number of nitrogens with zero attached hydrogens (tertiary/aromatic N) is 1. The highest BCUT2D eigenvalue weighted by atomic mass is 16.6. The number of para-hydroxylation sites is 1. The Balaban J connectivity index is 1.60. The number of ether oxygens (including phenoxy) is 3. The summed E-state index contributed by atoms with van der Waals surface area (Å²) < 4.78 is 17.1. The number of hydrogen-bond acceptors (Lipinski definition) is 4. The first kappa shape index (κ1) is 13.9. The molecule has 4 rings (SSSR count). The van der Waals surface area contributed by atoms with E-state index >= 15 is 0 Å². The second-order valence-electron chi connectivity index (χ2n) is 5.71. The number of aryl methyl sites for hydroxylation is 2. The van der Waals surface area contributed by atoms with Crippen molar-refractivity contribution < 1.29 is 14.2 Å². The predicted octanol–water partition coefficient (Wildman–Crippen LogP) is 3.53. The number of hydrogen-bond donors (Lipinski definition) is 1. The van der Waals surface area contributed by atoms with E-state index in [9.17, 15) is 0 Å². The first-order valence-electron chi connectivity index (χ1n) is 7.68. The van der Waals surface area contributed by atoms with Crippen LogP contribution in [-0.2, 0) is 6.61 Å². The zero-order valence-electron chi connectivity index (χ0n) is 13.2. The van der Waals surface area contributed by atoms with Crippen LogP contribution in [0.3, 0.4) is 0 Å². The number of nitrogens with one attached hydrogen (secondary N) is 1. The molecular formula is C18H18N2O3. The van der Waals surface area contributed by atoms with Crippen molar-refractivity contribution in [2.24, 2.45) is 0 Å². The Kier molecular flexibility index (Phi) is 3.33. The van der Waals surface area contributed by atoms with Crippen LogP contribution in [0, 0.1) is 13.8 Å². The van der Waals surface area contributed by atoms with E-state index in [4.69, 9.17) is 14.2 Å². The summed E-state index contributed by atoms with van der Waals surface area (Å²) in [6, 6.07) is 9.96. The summed E-state index contributed by atoms with van der Waals surface area (Å²) in [5.74, 6) is 3.20. The molecule has 0 bridgehead atoms. The van der Waals surface area contributed by atoms with E-state index in [-0.39, 0.29) is 0 Å². The average Bonchev–Trinajstić information content (AvgIpc) is 2.93. The van der Waals surface area contributed by atoms with Crippen molar-refractivity contribution in [2.45, 2.75) is 20.5 Å². The Hall–Kier alpha value is -2.69. The van der Waals surface area contributed by atoms with Gasteiger partial charge in [-0.05, 0) is 25.0 Å². The fourth-order valence-corrected chi connectivity index (χ4v) is 2.84. The number of fused-ring (bicyclic) bond motifs is 2. The molecule has 1 aliphatic heterocycles. The van der Waals surface area contributed by atoms with Gasteiger partial charge in [-0.3, -0.25) is 0 Å². The first-order valence-corrected chi connectivity index (χ1v) is 7.68. The highest BCUT2D eigenvalue weighted by Gasteiger charge is 2.15. The molecule has 1 aliphatic rings. The van der Waals surface area contributed by atoms with Crippen molar-refractivity contribution in [3.63, 3.8) is 0 Å². The van der Waals surface area contributed by atoms with Gasteiger partial charge in [-0.15, -0.1) is 0 Å². The molecule has 3 aromatic rings. The van der Waals surface area contributed by atoms with Crippen LogP contribution in [-0.4, -0.2) is 23.2 Å². The molecular weight excluding hydrogens is 292 g/mol. The van der Waals surface area contributed by atoms with Crippen LogP contribution in [0.5, 0.6) is 17.2 Å². The maximum Gasteiger partial charge on any atom is 0.163 e. The summed E-state index contributed by atoms with van der Waals surface area (Å²) >= 11 is 0. The third-order valence-electron chi connectivity index (χ3n) is 3.96. The molecule has 0 aliphatic carbocycles. The van der Waals surface area contributed by atoms with E-state index < -0.39 is 0 Å². The lowest BCUT2D eigenvalue weighted by atomic mass is 10.1. The molecule has 5 nitrogen and oxygen atoms in total. The predicted molar refractivity (Wildman–Crippen MR) is 87.3 cm³/mol. The third-order valence-corrected chi connectivity index (χ3v) is 3.96. The van der Waals surface area contributed by atoms with E-state index in [0.29, 0.717) is 19.8 Å². The Morgan fingerprint density at radius 1 is 1.09 bits per heavy atom. The monoisotopic (exact) mass is 310 g/mol. The molecule has 0 saturated heterocycles. The summed E-state index contributed by atoms with van der Waals surface area (Å²) in [5, 5.41) is 0. The topological polar surface area (TPSA) is 56.4 Å². The standard InChI is InChI=1S/C18H18N2O3/c1-11-4-3-5-12(2)18(11)23-10-17-19-13-8-15-16(9-14(13)20-17)22-7-6-21-15/h3-5,8-9H,6-7,10H2,1-2H3,(H,19,20). The van der Waals surface area contributed by atoms with E-state index in [2.05, 4.69) is 9.97 Å². The molecule has 0 amide bonds. The second-order valence-corrected chi connectivity index (χ2v) is 5.71. The number of benzene rings is 2. The number of H-pyrrole nitrogens is 1. The average molecular weight is 310 g/mol. The molecule has 0 spiro atoms. The Bertz CT molecular complexity index is 807. The lowest BCUT2D eigenvalue weighted by Crippen LogP contribution is -2.15. The molecule has 0 atom stereocenters. The quantitative estimate of drug-likeness (QED) is 0.804. The van der Waals surface area contributed by atoms with Gasteiger partial charge in [0.25, 0.3) is 0 Å². The minimum Gasteiger partial charge on any atom is -0.486 e. The number of imidazole rings is 1. The van der Waals surface area contributed by atoms with Gasteiger partial charge in [0.2, 0.25) is 0 Å². The SMILES string of the molecule is Cc1cccc(C)c1OCc1nc2cc3c(cc2[nH]1)OCCO3. The van der Waals surface area contributed by atoms with E-state index in [1.54, 1.807) is 0 Å². The summed E-state index contributed by atoms with van der Waals surface area (Å²) in [4.78, 5) is 7.86. The van der Waals surface area contributed by atoms with E-state index in [1.807, 2.05) is 44.2 Å². The summed E-state index contributed by atoms with van der Waals surface area (Å²) in [6.45, 7) is 5.64. The highest BCUT2D eigenvalue weighted by Crippen LogP contribution is 2.33. The third kappa shape index (κ3) is 2.59. The fourth-order valence-electron chi connectivity index (χ4n) is 2.84. The first-order chi connectivity index (χ1) is 11.2. The smallest absolute Gasteiger partial charge is 0.163 e. The van der Waals surface area contributed by atoms with Crippen molar-refractivity contribution in [3.05, 3.63) is 47.3 Å². The normalized spacial score (nSPS) is 13.3. The van der Waals surface area contributed by atoms with E-state index in [1.165, 1.54) is 0 Å². The molecule has 2 heterocycles. The van der Waals surface area contributed by atoms with Crippen LogP contribution in [0.1, 0.15) is 17.0 Å². The molecule has 1 aromatic heterocycles. The van der Waals surface area contributed by atoms with E-state index in [0.717, 1.165) is 45.2 Å². The maximum atomic E-state index is 5.95. The van der Waals surface area contributed by atoms with Crippen molar-refractivity contribution in [1.82, 2.24) is 9.97 Å². The minimum absolute atomic E-state index is 0.396. The maximum absolute atomic E-state index is 5.95. The lowest BCUT2D eigenvalue weighted by molar-refractivity contribution is 0.172. The van der Waals surface area contributed by atoms with Crippen molar-refractivity contribution in [1.29, 1.82) is 0 Å². The van der Waals surface area contributed by atoms with Crippen LogP contribution >= 0.6 is 0 Å². The molecule has 23 heavy (non-hydrogen) atoms. The van der Waals surface area contributed by atoms with Gasteiger partial charge in [-0.25, -0.2) is 4.98 Å². The van der Waals surface area contributed by atoms with Gasteiger partial charge in [0, 0.05) is 12.1 Å². The van der Waals surface area contributed by atoms with Crippen LogP contribution in [0.25, 0.3) is 11.0 Å². The van der Waals surface area contributed by atoms with Crippen LogP contribution in [0.15, 0.2) is 30.3 Å². The number of rotatable bonds is 3. The Morgan fingerprint density at radius 3 is 2.52 bits per heavy atom. The van der Waals surface area contributed by atoms with Gasteiger partial charge in [-0.1, -0.05) is 18.2 Å². The van der Waals surface area contributed by atoms with Crippen molar-refractivity contribution in [3.8, 4) is 17.2 Å². The molecule has 0 radical (unpaired) electrons. The van der Waals surface area contributed by atoms with Crippen LogP contribution < -0.4 is 14.2 Å². The van der Waals surface area contributed by atoms with Gasteiger partial charge < -0.3 is 19.2 Å². The van der Waals surface area contributed by atoms with Gasteiger partial charge in [0.15, 0.2) is 11.5 Å². The zero-order chi connectivity index (χ0) is 15.8. The largest absolute Gasteiger partial charge is 0.486 e. The Labute approximate surface area is 134 Å². The molecule has 118 valence electrons. The summed E-state index contributed by atoms with van der Waals surface area (Å²) in [6.07, 6.45) is 0. The van der Waals surface area contributed by atoms with Crippen molar-refractivity contribution in [2.75, 3.05) is 13.2 Å². The van der Waals surface area contributed by atoms with Gasteiger partial charge in [0.05, 0.1) is 11.0 Å². The van der Waals surface area contributed by atoms with Gasteiger partial charge >= 0.3 is 0 Å². The summed E-state index contributed by atoms with van der Waals surface area (Å²) in [7, 11) is 0. The Morgan fingerprint density at radius 2 is 1.78 bits per heavy atom. The minimum atomic E-state index is 0.396. The van der Waals surface area contributed by atoms with Crippen LogP contribution in [0.2, 0.25) is 0 Å². The highest BCUT2D eigenvalue weighted by molar-refractivity contribution is 5.79. The van der Waals surface area contributed by atoms with Gasteiger partial charge in [-0.2, -0.15) is 0 Å². The second kappa shape index (κ2) is 5.50. The number of aromatic amines is 1. The molecule has 0 unspecified atom stereocenters. The molecule has 0 fully saturated rings. The van der Waals surface area contributed by atoms with Crippen molar-refractivity contribution >= 4 is 11.0 Å². The van der Waals surface area contributed by atoms with Crippen LogP contribution in [0.4, 0.5) is 0 Å². The molecule has 2 aromatic carbocycles. The molecule has 5 heteroatoms. The lowest BCUT2D eigenvalue weighted by Gasteiger charge is -2.17. The zero-order valence-corrected chi connectivity index (χ0v) is 13.2. The number of aromatic nitrogens is 2. The fraction of sp³-hybridized carbons (Fsp3) is 0.278. The molecule has 0 saturated carbocycles. The van der Waals surface area contributed by atoms with Gasteiger partial charge in [0.1, 0.15) is 31.4 Å². The summed E-state index contributed by atoms with van der Waals surface area (Å²) in [5.41, 5.74) is 4.03.